The van der Waals surface area contributed by atoms with Crippen molar-refractivity contribution in [2.45, 2.75) is 19.9 Å². The van der Waals surface area contributed by atoms with Gasteiger partial charge in [-0.1, -0.05) is 0 Å². The minimum Gasteiger partial charge on any atom is -0.361 e. The van der Waals surface area contributed by atoms with Crippen LogP contribution in [0.5, 0.6) is 0 Å². The normalized spacial score (nSPS) is 18.2. The zero-order valence-corrected chi connectivity index (χ0v) is 15.2. The van der Waals surface area contributed by atoms with Gasteiger partial charge in [0.25, 0.3) is 5.56 Å². The number of thiophene rings is 1. The van der Waals surface area contributed by atoms with Crippen molar-refractivity contribution in [1.29, 1.82) is 0 Å². The van der Waals surface area contributed by atoms with E-state index in [4.69, 9.17) is 0 Å². The Hall–Kier alpha value is -1.86. The number of hydrogen-bond acceptors (Lipinski definition) is 5. The lowest BCUT2D eigenvalue weighted by atomic mass is 10.1. The van der Waals surface area contributed by atoms with Gasteiger partial charge in [0.2, 0.25) is 0 Å². The van der Waals surface area contributed by atoms with Crippen LogP contribution in [0.15, 0.2) is 27.8 Å². The predicted molar refractivity (Wildman–Crippen MR) is 98.0 cm³/mol. The number of hydrogen-bond donors (Lipinski definition) is 1. The summed E-state index contributed by atoms with van der Waals surface area (Å²) in [5.41, 5.74) is -0.646. The molecule has 1 fully saturated rings. The third kappa shape index (κ3) is 3.79. The molecule has 0 aromatic carbocycles. The third-order valence-electron chi connectivity index (χ3n) is 4.62. The number of anilines is 1. The smallest absolute Gasteiger partial charge is 0.329 e. The van der Waals surface area contributed by atoms with Crippen molar-refractivity contribution in [3.05, 3.63) is 48.8 Å². The van der Waals surface area contributed by atoms with Crippen LogP contribution in [0.2, 0.25) is 0 Å². The van der Waals surface area contributed by atoms with E-state index in [1.54, 1.807) is 0 Å². The average molecular weight is 348 g/mol. The molecule has 0 amide bonds. The summed E-state index contributed by atoms with van der Waals surface area (Å²) in [4.78, 5) is 33.5. The molecule has 1 atom stereocenters. The van der Waals surface area contributed by atoms with E-state index >= 15 is 0 Å². The molecule has 0 bridgehead atoms. The molecule has 2 aromatic rings. The van der Waals surface area contributed by atoms with Crippen LogP contribution in [0.3, 0.4) is 0 Å². The second-order valence-electron chi connectivity index (χ2n) is 6.64. The van der Waals surface area contributed by atoms with Gasteiger partial charge >= 0.3 is 5.69 Å². The lowest BCUT2D eigenvalue weighted by molar-refractivity contribution is 0.320. The van der Waals surface area contributed by atoms with Gasteiger partial charge < -0.3 is 4.90 Å². The third-order valence-corrected chi connectivity index (χ3v) is 5.60. The quantitative estimate of drug-likeness (QED) is 0.887. The van der Waals surface area contributed by atoms with Gasteiger partial charge in [0.1, 0.15) is 5.82 Å². The molecular weight excluding hydrogens is 324 g/mol. The Bertz CT molecular complexity index is 791. The van der Waals surface area contributed by atoms with Crippen molar-refractivity contribution in [3.63, 3.8) is 0 Å². The molecule has 130 valence electrons. The molecule has 2 aromatic heterocycles. The molecule has 0 aliphatic carbocycles. The topological polar surface area (TPSA) is 61.3 Å². The molecule has 24 heavy (non-hydrogen) atoms. The Morgan fingerprint density at radius 3 is 2.83 bits per heavy atom. The van der Waals surface area contributed by atoms with E-state index in [0.717, 1.165) is 37.2 Å². The van der Waals surface area contributed by atoms with Gasteiger partial charge in [-0.05, 0) is 37.9 Å². The Balaban J connectivity index is 1.59. The van der Waals surface area contributed by atoms with Crippen molar-refractivity contribution in [1.82, 2.24) is 14.5 Å². The fourth-order valence-corrected chi connectivity index (χ4v) is 4.16. The highest BCUT2D eigenvalue weighted by Gasteiger charge is 2.24. The summed E-state index contributed by atoms with van der Waals surface area (Å²) < 4.78 is 1.08. The number of aromatic amines is 1. The first-order valence-corrected chi connectivity index (χ1v) is 9.03. The lowest BCUT2D eigenvalue weighted by Crippen LogP contribution is -2.36. The second kappa shape index (κ2) is 6.94. The maximum Gasteiger partial charge on any atom is 0.329 e. The van der Waals surface area contributed by atoms with E-state index < -0.39 is 0 Å². The molecule has 7 heteroatoms. The molecule has 6 nitrogen and oxygen atoms in total. The van der Waals surface area contributed by atoms with E-state index in [0.29, 0.717) is 11.7 Å². The first kappa shape index (κ1) is 17.0. The molecule has 1 unspecified atom stereocenters. The van der Waals surface area contributed by atoms with Crippen molar-refractivity contribution in [2.75, 3.05) is 31.6 Å². The summed E-state index contributed by atoms with van der Waals surface area (Å²) in [6.45, 7) is 6.14. The fourth-order valence-electron chi connectivity index (χ4n) is 3.23. The first-order valence-electron chi connectivity index (χ1n) is 8.21. The summed E-state index contributed by atoms with van der Waals surface area (Å²) in [6, 6.07) is 5.88. The summed E-state index contributed by atoms with van der Waals surface area (Å²) in [6.07, 6.45) is 1.14. The number of H-pyrrole nitrogens is 1. The molecule has 1 saturated heterocycles. The van der Waals surface area contributed by atoms with Crippen molar-refractivity contribution in [2.24, 2.45) is 13.0 Å². The minimum atomic E-state index is -0.370. The molecule has 1 N–H and O–H groups in total. The molecule has 3 heterocycles. The highest BCUT2D eigenvalue weighted by molar-refractivity contribution is 7.11. The van der Waals surface area contributed by atoms with Gasteiger partial charge in [-0.25, -0.2) is 4.79 Å². The Labute approximate surface area is 145 Å². The van der Waals surface area contributed by atoms with Gasteiger partial charge in [-0.3, -0.25) is 19.2 Å². The first-order chi connectivity index (χ1) is 11.4. The van der Waals surface area contributed by atoms with E-state index in [1.165, 1.54) is 22.9 Å². The van der Waals surface area contributed by atoms with Crippen molar-refractivity contribution in [3.8, 4) is 0 Å². The van der Waals surface area contributed by atoms with E-state index in [2.05, 4.69) is 28.9 Å². The maximum absolute atomic E-state index is 11.8. The predicted octanol–water partition coefficient (Wildman–Crippen LogP) is 1.40. The van der Waals surface area contributed by atoms with Gasteiger partial charge in [-0.15, -0.1) is 11.3 Å². The Morgan fingerprint density at radius 1 is 1.38 bits per heavy atom. The van der Waals surface area contributed by atoms with Crippen LogP contribution in [0.1, 0.15) is 16.2 Å². The highest BCUT2D eigenvalue weighted by Crippen LogP contribution is 2.23. The summed E-state index contributed by atoms with van der Waals surface area (Å²) in [5.74, 6) is 1.14. The molecule has 0 spiro atoms. The number of nitrogens with one attached hydrogen (secondary N) is 1. The van der Waals surface area contributed by atoms with Crippen LogP contribution in [0.25, 0.3) is 0 Å². The molecule has 1 aliphatic heterocycles. The van der Waals surface area contributed by atoms with Crippen molar-refractivity contribution < 1.29 is 0 Å². The van der Waals surface area contributed by atoms with Crippen LogP contribution in [-0.2, 0) is 13.6 Å². The van der Waals surface area contributed by atoms with E-state index in [-0.39, 0.29) is 11.2 Å². The summed E-state index contributed by atoms with van der Waals surface area (Å²) in [5, 5.41) is 0. The van der Waals surface area contributed by atoms with Crippen LogP contribution in [0, 0.1) is 12.8 Å². The van der Waals surface area contributed by atoms with Gasteiger partial charge in [0.05, 0.1) is 0 Å². The number of likely N-dealkylation sites (tertiary alicyclic amines) is 1. The van der Waals surface area contributed by atoms with Crippen LogP contribution >= 0.6 is 11.3 Å². The Kier molecular flexibility index (Phi) is 4.91. The van der Waals surface area contributed by atoms with E-state index in [9.17, 15) is 9.59 Å². The minimum absolute atomic E-state index is 0.276. The standard InChI is InChI=1S/C17H24N4O2S/c1-12-4-5-14(24-12)11-21-7-6-13(10-21)9-19(2)15-8-16(22)20(3)17(23)18-15/h4-5,8,13H,6-7,9-11H2,1-3H3,(H,18,23). The zero-order valence-electron chi connectivity index (χ0n) is 14.4. The lowest BCUT2D eigenvalue weighted by Gasteiger charge is -2.23. The molecule has 0 radical (unpaired) electrons. The molecule has 1 aliphatic rings. The van der Waals surface area contributed by atoms with Gasteiger partial charge in [0, 0.05) is 49.6 Å². The second-order valence-corrected chi connectivity index (χ2v) is 8.01. The number of rotatable bonds is 5. The van der Waals surface area contributed by atoms with Gasteiger partial charge in [-0.2, -0.15) is 0 Å². The summed E-state index contributed by atoms with van der Waals surface area (Å²) >= 11 is 1.86. The SMILES string of the molecule is Cc1ccc(CN2CCC(CN(C)c3cc(=O)n(C)c(=O)[nH]3)C2)s1. The van der Waals surface area contributed by atoms with Crippen LogP contribution < -0.4 is 16.1 Å². The average Bonchev–Trinajstić information content (AvgIpc) is 3.13. The zero-order chi connectivity index (χ0) is 17.3. The van der Waals surface area contributed by atoms with Gasteiger partial charge in [0.15, 0.2) is 0 Å². The highest BCUT2D eigenvalue weighted by atomic mass is 32.1. The monoisotopic (exact) mass is 348 g/mol. The largest absolute Gasteiger partial charge is 0.361 e. The summed E-state index contributed by atoms with van der Waals surface area (Å²) in [7, 11) is 3.40. The number of aromatic nitrogens is 2. The van der Waals surface area contributed by atoms with Crippen LogP contribution in [-0.4, -0.2) is 41.1 Å². The van der Waals surface area contributed by atoms with Crippen molar-refractivity contribution >= 4 is 17.2 Å². The van der Waals surface area contributed by atoms with Crippen LogP contribution in [0.4, 0.5) is 5.82 Å². The molecule has 3 rings (SSSR count). The number of aryl methyl sites for hydroxylation is 1. The maximum atomic E-state index is 11.8. The fraction of sp³-hybridized carbons (Fsp3) is 0.529. The molecule has 0 saturated carbocycles. The Morgan fingerprint density at radius 2 is 2.17 bits per heavy atom. The molecular formula is C17H24N4O2S. The number of nitrogens with zero attached hydrogens (tertiary/aromatic N) is 3. The van der Waals surface area contributed by atoms with E-state index in [1.807, 2.05) is 23.3 Å².